The van der Waals surface area contributed by atoms with Gasteiger partial charge in [-0.2, -0.15) is 0 Å². The van der Waals surface area contributed by atoms with Crippen molar-refractivity contribution in [3.8, 4) is 0 Å². The fourth-order valence-electron chi connectivity index (χ4n) is 3.81. The van der Waals surface area contributed by atoms with Crippen molar-refractivity contribution in [1.82, 2.24) is 14.9 Å². The molecule has 2 aliphatic rings. The number of anilines is 1. The molecular formula is C17H28N4O. The number of rotatable bonds is 4. The lowest BCUT2D eigenvalue weighted by molar-refractivity contribution is 0.0761. The predicted molar refractivity (Wildman–Crippen MR) is 88.1 cm³/mol. The second-order valence-electron chi connectivity index (χ2n) is 7.09. The highest BCUT2D eigenvalue weighted by Gasteiger charge is 2.29. The molecule has 1 N–H and O–H groups in total. The topological polar surface area (TPSA) is 52.5 Å². The van der Waals surface area contributed by atoms with E-state index in [0.717, 1.165) is 25.5 Å². The van der Waals surface area contributed by atoms with Crippen LogP contribution in [0, 0.1) is 5.92 Å². The molecule has 0 bridgehead atoms. The Bertz CT molecular complexity index is 487. The van der Waals surface area contributed by atoms with Gasteiger partial charge in [0.15, 0.2) is 0 Å². The third kappa shape index (κ3) is 3.58. The second kappa shape index (κ2) is 6.92. The fourth-order valence-corrected chi connectivity index (χ4v) is 3.81. The first kappa shape index (κ1) is 15.7. The van der Waals surface area contributed by atoms with Crippen LogP contribution in [0.2, 0.25) is 0 Å². The number of aromatic nitrogens is 2. The van der Waals surface area contributed by atoms with Crippen LogP contribution in [-0.2, 0) is 0 Å². The van der Waals surface area contributed by atoms with E-state index in [2.05, 4.69) is 34.9 Å². The van der Waals surface area contributed by atoms with Crippen molar-refractivity contribution >= 4 is 5.95 Å². The molecule has 1 aromatic rings. The van der Waals surface area contributed by atoms with Gasteiger partial charge in [0, 0.05) is 43.4 Å². The van der Waals surface area contributed by atoms with Crippen LogP contribution in [0.5, 0.6) is 0 Å². The average Bonchev–Trinajstić information content (AvgIpc) is 3.03. The third-order valence-electron chi connectivity index (χ3n) is 5.04. The lowest BCUT2D eigenvalue weighted by Gasteiger charge is -2.37. The summed E-state index contributed by atoms with van der Waals surface area (Å²) in [6.07, 6.45) is 7.73. The van der Waals surface area contributed by atoms with E-state index in [0.29, 0.717) is 18.4 Å². The Kier molecular flexibility index (Phi) is 4.93. The van der Waals surface area contributed by atoms with Crippen molar-refractivity contribution in [3.05, 3.63) is 18.0 Å². The van der Waals surface area contributed by atoms with Gasteiger partial charge in [0.05, 0.1) is 6.10 Å². The minimum absolute atomic E-state index is 0.296. The summed E-state index contributed by atoms with van der Waals surface area (Å²) in [4.78, 5) is 13.5. The van der Waals surface area contributed by atoms with E-state index in [9.17, 15) is 5.11 Å². The van der Waals surface area contributed by atoms with Crippen LogP contribution in [0.25, 0.3) is 0 Å². The van der Waals surface area contributed by atoms with Crippen LogP contribution in [0.1, 0.15) is 43.7 Å². The van der Waals surface area contributed by atoms with E-state index in [4.69, 9.17) is 4.98 Å². The van der Waals surface area contributed by atoms with E-state index >= 15 is 0 Å². The lowest BCUT2D eigenvalue weighted by atomic mass is 9.93. The fraction of sp³-hybridized carbons (Fsp3) is 0.765. The first-order chi connectivity index (χ1) is 10.6. The normalized spacial score (nSPS) is 26.8. The molecular weight excluding hydrogens is 276 g/mol. The van der Waals surface area contributed by atoms with E-state index in [-0.39, 0.29) is 6.10 Å². The van der Waals surface area contributed by atoms with Crippen LogP contribution >= 0.6 is 0 Å². The van der Waals surface area contributed by atoms with Gasteiger partial charge in [0.2, 0.25) is 5.95 Å². The highest BCUT2D eigenvalue weighted by molar-refractivity contribution is 5.32. The third-order valence-corrected chi connectivity index (χ3v) is 5.04. The summed E-state index contributed by atoms with van der Waals surface area (Å²) in [5, 5.41) is 10.4. The number of piperidine rings is 1. The van der Waals surface area contributed by atoms with Crippen molar-refractivity contribution in [2.45, 2.75) is 44.1 Å². The molecule has 3 rings (SSSR count). The summed E-state index contributed by atoms with van der Waals surface area (Å²) in [5.41, 5.74) is 1.19. The standard InChI is InChI=1S/C17H28N4O/c1-20(2)11-14-8-10-21(12-16(14)22)17-18-9-7-15(19-17)13-5-3-4-6-13/h7,9,13-14,16,22H,3-6,8,10-12H2,1-2H3/t14-,16+/m0/s1. The Morgan fingerprint density at radius 1 is 1.27 bits per heavy atom. The number of nitrogens with zero attached hydrogens (tertiary/aromatic N) is 4. The van der Waals surface area contributed by atoms with Gasteiger partial charge in [-0.3, -0.25) is 0 Å². The molecule has 0 aromatic carbocycles. The summed E-state index contributed by atoms with van der Waals surface area (Å²) in [7, 11) is 4.13. The molecule has 0 amide bonds. The summed E-state index contributed by atoms with van der Waals surface area (Å²) in [6, 6.07) is 2.06. The van der Waals surface area contributed by atoms with Gasteiger partial charge in [-0.25, -0.2) is 9.97 Å². The Balaban J connectivity index is 1.66. The van der Waals surface area contributed by atoms with E-state index in [1.165, 1.54) is 31.4 Å². The molecule has 0 unspecified atom stereocenters. The molecule has 5 heteroatoms. The largest absolute Gasteiger partial charge is 0.391 e. The summed E-state index contributed by atoms with van der Waals surface area (Å²) in [5.74, 6) is 1.76. The maximum Gasteiger partial charge on any atom is 0.225 e. The monoisotopic (exact) mass is 304 g/mol. The first-order valence-electron chi connectivity index (χ1n) is 8.54. The zero-order valence-electron chi connectivity index (χ0n) is 13.8. The average molecular weight is 304 g/mol. The minimum atomic E-state index is -0.296. The molecule has 2 heterocycles. The van der Waals surface area contributed by atoms with Crippen molar-refractivity contribution in [2.24, 2.45) is 5.92 Å². The molecule has 1 aromatic heterocycles. The second-order valence-corrected chi connectivity index (χ2v) is 7.09. The van der Waals surface area contributed by atoms with Gasteiger partial charge in [0.1, 0.15) is 0 Å². The van der Waals surface area contributed by atoms with Crippen LogP contribution in [0.15, 0.2) is 12.3 Å². The molecule has 0 radical (unpaired) electrons. The predicted octanol–water partition coefficient (Wildman–Crippen LogP) is 1.88. The Labute approximate surface area is 133 Å². The van der Waals surface area contributed by atoms with E-state index in [1.807, 2.05) is 6.20 Å². The number of aliphatic hydroxyl groups excluding tert-OH is 1. The van der Waals surface area contributed by atoms with Gasteiger partial charge in [-0.05, 0) is 39.4 Å². The number of β-amino-alcohol motifs (C(OH)–C–C–N with tert-alkyl or cyclic N) is 1. The van der Waals surface area contributed by atoms with Gasteiger partial charge in [-0.1, -0.05) is 12.8 Å². The Morgan fingerprint density at radius 3 is 2.73 bits per heavy atom. The molecule has 0 spiro atoms. The molecule has 1 aliphatic heterocycles. The smallest absolute Gasteiger partial charge is 0.225 e. The van der Waals surface area contributed by atoms with Gasteiger partial charge in [-0.15, -0.1) is 0 Å². The molecule has 122 valence electrons. The van der Waals surface area contributed by atoms with Gasteiger partial charge >= 0.3 is 0 Å². The number of hydrogen-bond donors (Lipinski definition) is 1. The van der Waals surface area contributed by atoms with Crippen LogP contribution in [-0.4, -0.2) is 59.8 Å². The quantitative estimate of drug-likeness (QED) is 0.920. The van der Waals surface area contributed by atoms with Gasteiger partial charge in [0.25, 0.3) is 0 Å². The highest BCUT2D eigenvalue weighted by atomic mass is 16.3. The molecule has 1 aliphatic carbocycles. The minimum Gasteiger partial charge on any atom is -0.391 e. The maximum absolute atomic E-state index is 10.4. The summed E-state index contributed by atoms with van der Waals surface area (Å²) >= 11 is 0. The van der Waals surface area contributed by atoms with Crippen LogP contribution < -0.4 is 4.90 Å². The lowest BCUT2D eigenvalue weighted by Crippen LogP contribution is -2.47. The Morgan fingerprint density at radius 2 is 2.05 bits per heavy atom. The molecule has 22 heavy (non-hydrogen) atoms. The van der Waals surface area contributed by atoms with Crippen LogP contribution in [0.3, 0.4) is 0 Å². The molecule has 1 saturated heterocycles. The van der Waals surface area contributed by atoms with E-state index in [1.54, 1.807) is 0 Å². The first-order valence-corrected chi connectivity index (χ1v) is 8.54. The molecule has 5 nitrogen and oxygen atoms in total. The van der Waals surface area contributed by atoms with Crippen molar-refractivity contribution in [2.75, 3.05) is 38.6 Å². The maximum atomic E-state index is 10.4. The molecule has 2 fully saturated rings. The zero-order valence-corrected chi connectivity index (χ0v) is 13.8. The van der Waals surface area contributed by atoms with Crippen molar-refractivity contribution in [1.29, 1.82) is 0 Å². The van der Waals surface area contributed by atoms with E-state index < -0.39 is 0 Å². The van der Waals surface area contributed by atoms with Crippen molar-refractivity contribution in [3.63, 3.8) is 0 Å². The summed E-state index contributed by atoms with van der Waals surface area (Å²) in [6.45, 7) is 2.52. The summed E-state index contributed by atoms with van der Waals surface area (Å²) < 4.78 is 0. The van der Waals surface area contributed by atoms with Gasteiger partial charge < -0.3 is 14.9 Å². The SMILES string of the molecule is CN(C)C[C@@H]1CCN(c2nccc(C3CCCC3)n2)C[C@H]1O. The number of aliphatic hydroxyl groups is 1. The number of hydrogen-bond acceptors (Lipinski definition) is 5. The van der Waals surface area contributed by atoms with Crippen LogP contribution in [0.4, 0.5) is 5.95 Å². The highest BCUT2D eigenvalue weighted by Crippen LogP contribution is 2.33. The van der Waals surface area contributed by atoms with Crippen molar-refractivity contribution < 1.29 is 5.11 Å². The Hall–Kier alpha value is -1.20. The molecule has 2 atom stereocenters. The molecule has 1 saturated carbocycles. The zero-order chi connectivity index (χ0) is 15.5.